The van der Waals surface area contributed by atoms with Crippen molar-refractivity contribution in [1.82, 2.24) is 0 Å². The van der Waals surface area contributed by atoms with Crippen LogP contribution < -0.4 is 4.74 Å². The van der Waals surface area contributed by atoms with E-state index in [9.17, 15) is 9.90 Å². The molecule has 0 aliphatic heterocycles. The number of aryl methyl sites for hydroxylation is 2. The molecule has 0 atom stereocenters. The molecule has 0 amide bonds. The van der Waals surface area contributed by atoms with E-state index in [0.29, 0.717) is 6.42 Å². The molecule has 4 heteroatoms. The Hall–Kier alpha value is -1.71. The number of hydrogen-bond donors (Lipinski definition) is 2. The van der Waals surface area contributed by atoms with Gasteiger partial charge in [-0.15, -0.1) is 0 Å². The highest BCUT2D eigenvalue weighted by Gasteiger charge is 2.16. The maximum absolute atomic E-state index is 10.7. The fourth-order valence-electron chi connectivity index (χ4n) is 2.09. The Balaban J connectivity index is 3.00. The highest BCUT2D eigenvalue weighted by Crippen LogP contribution is 2.35. The molecule has 0 radical (unpaired) electrons. The fourth-order valence-corrected chi connectivity index (χ4v) is 2.09. The molecular formula is C15H22O4. The first-order chi connectivity index (χ1) is 9.10. The van der Waals surface area contributed by atoms with Crippen molar-refractivity contribution in [2.75, 3.05) is 0 Å². The summed E-state index contributed by atoms with van der Waals surface area (Å²) in [5, 5.41) is 18.9. The van der Waals surface area contributed by atoms with Crippen molar-refractivity contribution in [1.29, 1.82) is 0 Å². The number of ether oxygens (including phenoxy) is 1. The molecule has 0 saturated heterocycles. The number of phenols is 1. The molecule has 0 fully saturated rings. The Morgan fingerprint density at radius 3 is 2.37 bits per heavy atom. The topological polar surface area (TPSA) is 66.8 Å². The zero-order valence-electron chi connectivity index (χ0n) is 11.6. The van der Waals surface area contributed by atoms with Crippen molar-refractivity contribution in [3.63, 3.8) is 0 Å². The summed E-state index contributed by atoms with van der Waals surface area (Å²) in [6.45, 7) is 4.11. The summed E-state index contributed by atoms with van der Waals surface area (Å²) >= 11 is 0. The largest absolute Gasteiger partial charge is 0.511 e. The second-order valence-corrected chi connectivity index (χ2v) is 4.64. The lowest BCUT2D eigenvalue weighted by Crippen LogP contribution is -2.06. The average molecular weight is 266 g/mol. The maximum atomic E-state index is 10.7. The number of rotatable bonds is 7. The summed E-state index contributed by atoms with van der Waals surface area (Å²) in [5.41, 5.74) is 1.49. The third kappa shape index (κ3) is 4.47. The molecule has 106 valence electrons. The van der Waals surface area contributed by atoms with Crippen LogP contribution in [0.1, 0.15) is 50.7 Å². The molecule has 0 heterocycles. The Labute approximate surface area is 114 Å². The summed E-state index contributed by atoms with van der Waals surface area (Å²) < 4.78 is 4.76. The van der Waals surface area contributed by atoms with Crippen LogP contribution in [0.4, 0.5) is 4.79 Å². The van der Waals surface area contributed by atoms with Crippen LogP contribution in [-0.2, 0) is 12.8 Å². The second-order valence-electron chi connectivity index (χ2n) is 4.64. The van der Waals surface area contributed by atoms with E-state index < -0.39 is 6.16 Å². The summed E-state index contributed by atoms with van der Waals surface area (Å²) in [7, 11) is 0. The highest BCUT2D eigenvalue weighted by molar-refractivity contribution is 5.65. The van der Waals surface area contributed by atoms with Gasteiger partial charge in [0, 0.05) is 0 Å². The minimum absolute atomic E-state index is 0.0294. The molecule has 0 bridgehead atoms. The number of carbonyl (C=O) groups is 1. The monoisotopic (exact) mass is 266 g/mol. The molecule has 1 aromatic rings. The number of carboxylic acid groups (broad SMARTS) is 1. The van der Waals surface area contributed by atoms with Gasteiger partial charge >= 0.3 is 6.16 Å². The molecule has 0 aromatic heterocycles. The lowest BCUT2D eigenvalue weighted by molar-refractivity contribution is 0.142. The van der Waals surface area contributed by atoms with Gasteiger partial charge in [0.1, 0.15) is 0 Å². The number of hydrogen-bond acceptors (Lipinski definition) is 3. The summed E-state index contributed by atoms with van der Waals surface area (Å²) in [4.78, 5) is 10.7. The minimum Gasteiger partial charge on any atom is -0.504 e. The summed E-state index contributed by atoms with van der Waals surface area (Å²) in [6.07, 6.45) is 4.04. The molecule has 0 spiro atoms. The van der Waals surface area contributed by atoms with Crippen LogP contribution in [0.25, 0.3) is 0 Å². The van der Waals surface area contributed by atoms with Crippen LogP contribution in [0.15, 0.2) is 12.1 Å². The normalized spacial score (nSPS) is 10.4. The minimum atomic E-state index is -1.39. The van der Waals surface area contributed by atoms with Gasteiger partial charge in [-0.1, -0.05) is 45.2 Å². The lowest BCUT2D eigenvalue weighted by atomic mass is 10.0. The molecule has 0 aliphatic carbocycles. The van der Waals surface area contributed by atoms with Gasteiger partial charge in [0.25, 0.3) is 0 Å². The number of phenolic OH excluding ortho intramolecular Hbond substituents is 1. The Bertz CT molecular complexity index is 426. The lowest BCUT2D eigenvalue weighted by Gasteiger charge is -2.13. The molecule has 2 N–H and O–H groups in total. The fraction of sp³-hybridized carbons (Fsp3) is 0.533. The van der Waals surface area contributed by atoms with Crippen molar-refractivity contribution < 1.29 is 19.7 Å². The van der Waals surface area contributed by atoms with Crippen LogP contribution in [0.3, 0.4) is 0 Å². The molecule has 0 aliphatic rings. The second kappa shape index (κ2) is 7.67. The molecular weight excluding hydrogens is 244 g/mol. The van der Waals surface area contributed by atoms with Crippen LogP contribution in [-0.4, -0.2) is 16.4 Å². The van der Waals surface area contributed by atoms with E-state index in [-0.39, 0.29) is 11.5 Å². The van der Waals surface area contributed by atoms with Gasteiger partial charge in [0.2, 0.25) is 0 Å². The van der Waals surface area contributed by atoms with E-state index in [1.54, 1.807) is 0 Å². The van der Waals surface area contributed by atoms with Crippen molar-refractivity contribution >= 4 is 6.16 Å². The highest BCUT2D eigenvalue weighted by atomic mass is 16.7. The smallest absolute Gasteiger partial charge is 0.504 e. The van der Waals surface area contributed by atoms with Crippen molar-refractivity contribution in [2.24, 2.45) is 0 Å². The summed E-state index contributed by atoms with van der Waals surface area (Å²) in [5.74, 6) is 0.0767. The van der Waals surface area contributed by atoms with Crippen molar-refractivity contribution in [2.45, 2.75) is 52.4 Å². The standard InChI is InChI=1S/C15H22O4/c1-3-5-6-8-12-10-9-11(7-4-2)13(16)14(12)19-15(17)18/h9-10,16H,3-8H2,1-2H3,(H,17,18). The van der Waals surface area contributed by atoms with Crippen LogP contribution >= 0.6 is 0 Å². The number of aromatic hydroxyl groups is 1. The predicted molar refractivity (Wildman–Crippen MR) is 74.0 cm³/mol. The van der Waals surface area contributed by atoms with Crippen LogP contribution in [0.2, 0.25) is 0 Å². The van der Waals surface area contributed by atoms with Gasteiger partial charge in [-0.2, -0.15) is 0 Å². The molecule has 0 saturated carbocycles. The van der Waals surface area contributed by atoms with Gasteiger partial charge in [-0.05, 0) is 30.4 Å². The zero-order chi connectivity index (χ0) is 14.3. The van der Waals surface area contributed by atoms with Gasteiger partial charge < -0.3 is 14.9 Å². The number of unbranched alkanes of at least 4 members (excludes halogenated alkanes) is 2. The van der Waals surface area contributed by atoms with Gasteiger partial charge in [-0.25, -0.2) is 4.79 Å². The van der Waals surface area contributed by atoms with E-state index in [0.717, 1.165) is 43.2 Å². The van der Waals surface area contributed by atoms with Gasteiger partial charge in [0.05, 0.1) is 0 Å². The maximum Gasteiger partial charge on any atom is 0.511 e. The predicted octanol–water partition coefficient (Wildman–Crippen LogP) is 4.13. The van der Waals surface area contributed by atoms with E-state index in [1.165, 1.54) is 0 Å². The van der Waals surface area contributed by atoms with E-state index in [2.05, 4.69) is 6.92 Å². The summed E-state index contributed by atoms with van der Waals surface area (Å²) in [6, 6.07) is 3.72. The first-order valence-electron chi connectivity index (χ1n) is 6.84. The van der Waals surface area contributed by atoms with Gasteiger partial charge in [0.15, 0.2) is 11.5 Å². The SMILES string of the molecule is CCCCCc1ccc(CCC)c(O)c1OC(=O)O. The molecule has 0 unspecified atom stereocenters. The van der Waals surface area contributed by atoms with Crippen LogP contribution in [0.5, 0.6) is 11.5 Å². The average Bonchev–Trinajstić information content (AvgIpc) is 2.36. The zero-order valence-corrected chi connectivity index (χ0v) is 11.6. The first-order valence-corrected chi connectivity index (χ1v) is 6.84. The van der Waals surface area contributed by atoms with Crippen LogP contribution in [0, 0.1) is 0 Å². The van der Waals surface area contributed by atoms with Crippen molar-refractivity contribution in [3.05, 3.63) is 23.3 Å². The van der Waals surface area contributed by atoms with E-state index >= 15 is 0 Å². The van der Waals surface area contributed by atoms with E-state index in [1.807, 2.05) is 19.1 Å². The van der Waals surface area contributed by atoms with Crippen molar-refractivity contribution in [3.8, 4) is 11.5 Å². The first kappa shape index (κ1) is 15.3. The number of benzene rings is 1. The van der Waals surface area contributed by atoms with E-state index in [4.69, 9.17) is 9.84 Å². The molecule has 19 heavy (non-hydrogen) atoms. The third-order valence-electron chi connectivity index (χ3n) is 3.05. The quantitative estimate of drug-likeness (QED) is 0.442. The Morgan fingerprint density at radius 2 is 1.79 bits per heavy atom. The molecule has 1 rings (SSSR count). The van der Waals surface area contributed by atoms with Gasteiger partial charge in [-0.3, -0.25) is 0 Å². The Kier molecular flexibility index (Phi) is 6.19. The molecule has 4 nitrogen and oxygen atoms in total. The Morgan fingerprint density at radius 1 is 1.11 bits per heavy atom. The third-order valence-corrected chi connectivity index (χ3v) is 3.05. The molecule has 1 aromatic carbocycles.